The van der Waals surface area contributed by atoms with Crippen molar-refractivity contribution in [2.75, 3.05) is 43.4 Å². The maximum atomic E-state index is 12.6. The molecule has 4 aromatic carbocycles. The van der Waals surface area contributed by atoms with Gasteiger partial charge in [-0.3, -0.25) is 14.6 Å². The summed E-state index contributed by atoms with van der Waals surface area (Å²) in [5, 5.41) is 23.4. The van der Waals surface area contributed by atoms with Crippen LogP contribution in [0.4, 0.5) is 16.2 Å². The molecule has 1 fully saturated rings. The van der Waals surface area contributed by atoms with Gasteiger partial charge in [-0.15, -0.1) is 11.3 Å². The van der Waals surface area contributed by atoms with E-state index in [9.17, 15) is 14.7 Å². The van der Waals surface area contributed by atoms with E-state index in [1.54, 1.807) is 53.8 Å². The molecule has 0 radical (unpaired) electrons. The number of nitrogens with one attached hydrogen (secondary N) is 3. The van der Waals surface area contributed by atoms with Gasteiger partial charge >= 0.3 is 6.03 Å². The number of hydrazone groups is 1. The van der Waals surface area contributed by atoms with Gasteiger partial charge in [0, 0.05) is 65.6 Å². The Labute approximate surface area is 299 Å². The van der Waals surface area contributed by atoms with Crippen LogP contribution in [-0.2, 0) is 17.9 Å². The van der Waals surface area contributed by atoms with Crippen LogP contribution in [0, 0.1) is 0 Å². The quantitative estimate of drug-likeness (QED) is 0.0842. The highest BCUT2D eigenvalue weighted by Gasteiger charge is 2.20. The average molecular weight is 710 g/mol. The van der Waals surface area contributed by atoms with Crippen molar-refractivity contribution in [1.29, 1.82) is 0 Å². The van der Waals surface area contributed by atoms with E-state index >= 15 is 0 Å². The summed E-state index contributed by atoms with van der Waals surface area (Å²) in [6.07, 6.45) is 1.41. The lowest BCUT2D eigenvalue weighted by Crippen LogP contribution is -2.48. The Balaban J connectivity index is 0.908. The first-order chi connectivity index (χ1) is 24.4. The SMILES string of the molecule is O=C(CN1CCN(Cc2csc(-c3ccc(NC(=O)Nc4cccc(Cl)c4)cc3)n2)CC1)N/N=C/c1cc(OCc2ccccc2)ccc1O. The summed E-state index contributed by atoms with van der Waals surface area (Å²) in [6, 6.07) is 28.9. The van der Waals surface area contributed by atoms with Crippen LogP contribution in [0.1, 0.15) is 16.8 Å². The minimum atomic E-state index is -0.352. The van der Waals surface area contributed by atoms with Crippen LogP contribution in [-0.4, -0.2) is 70.8 Å². The molecule has 0 unspecified atom stereocenters. The van der Waals surface area contributed by atoms with Gasteiger partial charge in [0.2, 0.25) is 0 Å². The highest BCUT2D eigenvalue weighted by atomic mass is 35.5. The number of nitrogens with zero attached hydrogens (tertiary/aromatic N) is 4. The van der Waals surface area contributed by atoms with Crippen LogP contribution in [0.25, 0.3) is 10.6 Å². The van der Waals surface area contributed by atoms with E-state index in [0.717, 1.165) is 54.6 Å². The van der Waals surface area contributed by atoms with Gasteiger partial charge in [-0.05, 0) is 66.2 Å². The fourth-order valence-corrected chi connectivity index (χ4v) is 6.29. The Morgan fingerprint density at radius 1 is 0.900 bits per heavy atom. The van der Waals surface area contributed by atoms with Gasteiger partial charge in [-0.2, -0.15) is 5.10 Å². The van der Waals surface area contributed by atoms with E-state index in [1.165, 1.54) is 6.21 Å². The number of phenols is 1. The predicted molar refractivity (Wildman–Crippen MR) is 198 cm³/mol. The van der Waals surface area contributed by atoms with Crippen molar-refractivity contribution in [1.82, 2.24) is 20.2 Å². The molecule has 13 heteroatoms. The number of benzene rings is 4. The molecule has 6 rings (SSSR count). The standard InChI is InChI=1S/C37H36ClN7O4S/c38-29-7-4-8-31(20-29)42-37(48)41-30-11-9-27(10-12-30)36-40-32(25-50-36)22-44-15-17-45(18-16-44)23-35(47)43-39-21-28-19-33(13-14-34(28)46)49-24-26-5-2-1-3-6-26/h1-14,19-21,25,46H,15-18,22-24H2,(H,43,47)(H2,41,42,48)/b39-21+. The van der Waals surface area contributed by atoms with Crippen LogP contribution in [0.5, 0.6) is 11.5 Å². The molecular weight excluding hydrogens is 674 g/mol. The molecule has 5 aromatic rings. The lowest BCUT2D eigenvalue weighted by Gasteiger charge is -2.33. The first-order valence-corrected chi connectivity index (χ1v) is 17.3. The highest BCUT2D eigenvalue weighted by Crippen LogP contribution is 2.26. The van der Waals surface area contributed by atoms with Crippen molar-refractivity contribution in [2.45, 2.75) is 13.2 Å². The number of piperazine rings is 1. The Morgan fingerprint density at radius 2 is 1.66 bits per heavy atom. The van der Waals surface area contributed by atoms with E-state index in [4.69, 9.17) is 21.3 Å². The molecule has 1 aliphatic rings. The van der Waals surface area contributed by atoms with Crippen LogP contribution in [0.15, 0.2) is 108 Å². The van der Waals surface area contributed by atoms with E-state index in [-0.39, 0.29) is 24.2 Å². The second-order valence-corrected chi connectivity index (χ2v) is 12.9. The number of phenolic OH excluding ortho intramolecular Hbond substituents is 1. The van der Waals surface area contributed by atoms with Crippen molar-refractivity contribution in [3.63, 3.8) is 0 Å². The number of aromatic nitrogens is 1. The van der Waals surface area contributed by atoms with E-state index < -0.39 is 0 Å². The van der Waals surface area contributed by atoms with Gasteiger partial charge in [0.25, 0.3) is 5.91 Å². The summed E-state index contributed by atoms with van der Waals surface area (Å²) in [5.74, 6) is 0.408. The number of ether oxygens (including phenoxy) is 1. The molecule has 50 heavy (non-hydrogen) atoms. The number of carbonyl (C=O) groups is 2. The Morgan fingerprint density at radius 3 is 2.44 bits per heavy atom. The van der Waals surface area contributed by atoms with Crippen molar-refractivity contribution >= 4 is 52.5 Å². The summed E-state index contributed by atoms with van der Waals surface area (Å²) < 4.78 is 5.82. The minimum Gasteiger partial charge on any atom is -0.507 e. The number of thiazole rings is 1. The molecule has 11 nitrogen and oxygen atoms in total. The fourth-order valence-electron chi connectivity index (χ4n) is 5.28. The monoisotopic (exact) mass is 709 g/mol. The minimum absolute atomic E-state index is 0.0425. The molecule has 1 saturated heterocycles. The predicted octanol–water partition coefficient (Wildman–Crippen LogP) is 6.66. The largest absolute Gasteiger partial charge is 0.507 e. The summed E-state index contributed by atoms with van der Waals surface area (Å²) in [4.78, 5) is 34.2. The third kappa shape index (κ3) is 10.1. The van der Waals surface area contributed by atoms with Crippen molar-refractivity contribution in [2.24, 2.45) is 5.10 Å². The molecule has 0 bridgehead atoms. The zero-order chi connectivity index (χ0) is 34.7. The van der Waals surface area contributed by atoms with E-state index in [2.05, 4.69) is 36.3 Å². The summed E-state index contributed by atoms with van der Waals surface area (Å²) >= 11 is 7.57. The summed E-state index contributed by atoms with van der Waals surface area (Å²) in [7, 11) is 0. The lowest BCUT2D eigenvalue weighted by atomic mass is 10.2. The molecule has 2 heterocycles. The van der Waals surface area contributed by atoms with Crippen LogP contribution in [0.3, 0.4) is 0 Å². The molecule has 1 aromatic heterocycles. The van der Waals surface area contributed by atoms with Crippen molar-refractivity contribution in [3.05, 3.63) is 124 Å². The normalized spacial score (nSPS) is 13.6. The highest BCUT2D eigenvalue weighted by molar-refractivity contribution is 7.13. The molecule has 4 N–H and O–H groups in total. The molecule has 3 amide bonds. The number of aromatic hydroxyl groups is 1. The third-order valence-corrected chi connectivity index (χ3v) is 9.06. The van der Waals surface area contributed by atoms with Crippen LogP contribution in [0.2, 0.25) is 5.02 Å². The second-order valence-electron chi connectivity index (χ2n) is 11.7. The molecule has 0 saturated carbocycles. The number of rotatable bonds is 12. The van der Waals surface area contributed by atoms with Crippen LogP contribution < -0.4 is 20.8 Å². The number of anilines is 2. The van der Waals surface area contributed by atoms with Gasteiger partial charge < -0.3 is 20.5 Å². The number of hydrogen-bond donors (Lipinski definition) is 4. The molecule has 256 valence electrons. The zero-order valence-corrected chi connectivity index (χ0v) is 28.7. The van der Waals surface area contributed by atoms with E-state index in [0.29, 0.717) is 34.3 Å². The van der Waals surface area contributed by atoms with Gasteiger partial charge in [0.05, 0.1) is 18.5 Å². The van der Waals surface area contributed by atoms with Gasteiger partial charge in [-0.1, -0.05) is 48.0 Å². The third-order valence-electron chi connectivity index (χ3n) is 7.88. The molecule has 1 aliphatic heterocycles. The Hall–Kier alpha value is -5.27. The van der Waals surface area contributed by atoms with Crippen LogP contribution >= 0.6 is 22.9 Å². The fraction of sp³-hybridized carbons (Fsp3) is 0.189. The van der Waals surface area contributed by atoms with Gasteiger partial charge in [-0.25, -0.2) is 15.2 Å². The van der Waals surface area contributed by atoms with Gasteiger partial charge in [0.15, 0.2) is 0 Å². The smallest absolute Gasteiger partial charge is 0.323 e. The number of carbonyl (C=O) groups excluding carboxylic acids is 2. The zero-order valence-electron chi connectivity index (χ0n) is 27.1. The number of amides is 3. The maximum absolute atomic E-state index is 12.6. The maximum Gasteiger partial charge on any atom is 0.323 e. The van der Waals surface area contributed by atoms with Crippen molar-refractivity contribution < 1.29 is 19.4 Å². The second kappa shape index (κ2) is 16.9. The van der Waals surface area contributed by atoms with Crippen molar-refractivity contribution in [3.8, 4) is 22.1 Å². The number of hydrogen-bond acceptors (Lipinski definition) is 9. The number of urea groups is 1. The molecule has 0 atom stereocenters. The summed E-state index contributed by atoms with van der Waals surface area (Å²) in [6.45, 7) is 4.47. The average Bonchev–Trinajstić information content (AvgIpc) is 3.58. The Bertz CT molecular complexity index is 1930. The topological polar surface area (TPSA) is 131 Å². The van der Waals surface area contributed by atoms with E-state index in [1.807, 2.05) is 54.6 Å². The first kappa shape index (κ1) is 34.6. The molecule has 0 aliphatic carbocycles. The number of halogens is 1. The molecule has 0 spiro atoms. The van der Waals surface area contributed by atoms with Gasteiger partial charge in [0.1, 0.15) is 23.1 Å². The Kier molecular flexibility index (Phi) is 11.7. The summed E-state index contributed by atoms with van der Waals surface area (Å²) in [5.41, 5.74) is 7.28. The lowest BCUT2D eigenvalue weighted by molar-refractivity contribution is -0.122. The first-order valence-electron chi connectivity index (χ1n) is 16.0. The molecular formula is C37H36ClN7O4S.